The lowest BCUT2D eigenvalue weighted by Gasteiger charge is -2.46. The number of fused-ring (bicyclic) bond motifs is 4. The number of anilines is 1. The Morgan fingerprint density at radius 3 is 2.82 bits per heavy atom. The predicted octanol–water partition coefficient (Wildman–Crippen LogP) is 0.649. The molecular weight excluding hydrogens is 358 g/mol. The Bertz CT molecular complexity index is 986. The monoisotopic (exact) mass is 381 g/mol. The molecule has 2 aromatic heterocycles. The number of rotatable bonds is 3. The SMILES string of the molecule is CC(=O)N1C[C@H]2C[C@@H](C1)[C@H](C(=O)NCc1cccnc1N)n1c2cccc1=O. The van der Waals surface area contributed by atoms with Crippen LogP contribution in [0.2, 0.25) is 0 Å². The summed E-state index contributed by atoms with van der Waals surface area (Å²) >= 11 is 0. The Morgan fingerprint density at radius 2 is 2.07 bits per heavy atom. The third-order valence-corrected chi connectivity index (χ3v) is 5.74. The number of nitrogens with one attached hydrogen (secondary N) is 1. The quantitative estimate of drug-likeness (QED) is 0.811. The zero-order valence-electron chi connectivity index (χ0n) is 15.7. The first-order valence-electron chi connectivity index (χ1n) is 9.39. The molecule has 4 heterocycles. The van der Waals surface area contributed by atoms with Crippen LogP contribution in [-0.2, 0) is 16.1 Å². The molecule has 0 aliphatic carbocycles. The first-order chi connectivity index (χ1) is 13.5. The molecule has 8 heteroatoms. The standard InChI is InChI=1S/C20H23N5O3/c1-12(26)24-10-14-8-15(11-24)18(25-16(14)5-2-6-17(25)27)20(28)23-9-13-4-3-7-22-19(13)21/h2-7,14-15,18H,8-11H2,1H3,(H2,21,22)(H,23,28)/t14-,15+,18-/m1/s1. The molecule has 0 spiro atoms. The van der Waals surface area contributed by atoms with E-state index < -0.39 is 6.04 Å². The first kappa shape index (κ1) is 18.2. The van der Waals surface area contributed by atoms with E-state index in [-0.39, 0.29) is 35.8 Å². The van der Waals surface area contributed by atoms with Crippen LogP contribution in [0.25, 0.3) is 0 Å². The number of nitrogen functional groups attached to an aromatic ring is 1. The van der Waals surface area contributed by atoms with E-state index in [9.17, 15) is 14.4 Å². The second-order valence-corrected chi connectivity index (χ2v) is 7.49. The fourth-order valence-corrected chi connectivity index (χ4v) is 4.41. The third kappa shape index (κ3) is 3.15. The number of carbonyl (C=O) groups is 2. The molecule has 0 unspecified atom stereocenters. The van der Waals surface area contributed by atoms with Crippen LogP contribution in [0.15, 0.2) is 41.3 Å². The summed E-state index contributed by atoms with van der Waals surface area (Å²) in [5.74, 6) is 0.0657. The molecule has 2 bridgehead atoms. The van der Waals surface area contributed by atoms with Crippen molar-refractivity contribution in [2.75, 3.05) is 18.8 Å². The molecule has 3 N–H and O–H groups in total. The van der Waals surface area contributed by atoms with Gasteiger partial charge in [-0.2, -0.15) is 0 Å². The number of aromatic nitrogens is 2. The number of likely N-dealkylation sites (tertiary alicyclic amines) is 1. The summed E-state index contributed by atoms with van der Waals surface area (Å²) in [7, 11) is 0. The van der Waals surface area contributed by atoms with E-state index in [1.165, 1.54) is 6.07 Å². The smallest absolute Gasteiger partial charge is 0.251 e. The summed E-state index contributed by atoms with van der Waals surface area (Å²) in [5.41, 5.74) is 7.20. The number of nitrogens with two attached hydrogens (primary N) is 1. The van der Waals surface area contributed by atoms with Gasteiger partial charge in [0.15, 0.2) is 0 Å². The molecule has 0 saturated carbocycles. The highest BCUT2D eigenvalue weighted by molar-refractivity contribution is 5.81. The molecule has 1 fully saturated rings. The van der Waals surface area contributed by atoms with Gasteiger partial charge >= 0.3 is 0 Å². The van der Waals surface area contributed by atoms with Crippen molar-refractivity contribution >= 4 is 17.6 Å². The zero-order chi connectivity index (χ0) is 19.8. The highest BCUT2D eigenvalue weighted by Crippen LogP contribution is 2.41. The van der Waals surface area contributed by atoms with E-state index in [2.05, 4.69) is 10.3 Å². The summed E-state index contributed by atoms with van der Waals surface area (Å²) in [6.45, 7) is 2.83. The van der Waals surface area contributed by atoms with Crippen molar-refractivity contribution in [1.82, 2.24) is 19.8 Å². The van der Waals surface area contributed by atoms with Crippen molar-refractivity contribution in [3.63, 3.8) is 0 Å². The first-order valence-corrected chi connectivity index (χ1v) is 9.39. The lowest BCUT2D eigenvalue weighted by molar-refractivity contribution is -0.135. The molecule has 3 atom stereocenters. The fraction of sp³-hybridized carbons (Fsp3) is 0.400. The van der Waals surface area contributed by atoms with Crippen LogP contribution < -0.4 is 16.6 Å². The van der Waals surface area contributed by atoms with Gasteiger partial charge in [0.2, 0.25) is 11.8 Å². The summed E-state index contributed by atoms with van der Waals surface area (Å²) in [6, 6.07) is 7.98. The zero-order valence-corrected chi connectivity index (χ0v) is 15.7. The van der Waals surface area contributed by atoms with Gasteiger partial charge in [-0.05, 0) is 18.6 Å². The van der Waals surface area contributed by atoms with Gasteiger partial charge in [0.1, 0.15) is 11.9 Å². The maximum absolute atomic E-state index is 13.1. The van der Waals surface area contributed by atoms with Crippen molar-refractivity contribution in [3.8, 4) is 0 Å². The molecule has 0 aromatic carbocycles. The topological polar surface area (TPSA) is 110 Å². The van der Waals surface area contributed by atoms with E-state index in [1.807, 2.05) is 6.07 Å². The molecule has 8 nitrogen and oxygen atoms in total. The number of nitrogens with zero attached hydrogens (tertiary/aromatic N) is 3. The van der Waals surface area contributed by atoms with Crippen LogP contribution >= 0.6 is 0 Å². The average Bonchev–Trinajstić information content (AvgIpc) is 2.68. The lowest BCUT2D eigenvalue weighted by atomic mass is 9.78. The molecule has 2 amide bonds. The Kier molecular flexibility index (Phi) is 4.62. The van der Waals surface area contributed by atoms with Gasteiger partial charge in [-0.25, -0.2) is 4.98 Å². The highest BCUT2D eigenvalue weighted by Gasteiger charge is 2.44. The van der Waals surface area contributed by atoms with Gasteiger partial charge < -0.3 is 16.0 Å². The number of carbonyl (C=O) groups excluding carboxylic acids is 2. The maximum Gasteiger partial charge on any atom is 0.251 e. The molecule has 1 saturated heterocycles. The van der Waals surface area contributed by atoms with Gasteiger partial charge in [-0.3, -0.25) is 19.0 Å². The summed E-state index contributed by atoms with van der Waals surface area (Å²) in [5, 5.41) is 2.90. The molecule has 2 aliphatic heterocycles. The van der Waals surface area contributed by atoms with Gasteiger partial charge in [-0.1, -0.05) is 12.1 Å². The molecule has 2 aliphatic rings. The van der Waals surface area contributed by atoms with Crippen LogP contribution in [0.4, 0.5) is 5.82 Å². The summed E-state index contributed by atoms with van der Waals surface area (Å²) < 4.78 is 1.61. The van der Waals surface area contributed by atoms with E-state index in [1.54, 1.807) is 40.8 Å². The summed E-state index contributed by atoms with van der Waals surface area (Å²) in [6.07, 6.45) is 2.37. The number of piperidine rings is 1. The van der Waals surface area contributed by atoms with Crippen molar-refractivity contribution in [3.05, 3.63) is 58.1 Å². The minimum atomic E-state index is -0.653. The largest absolute Gasteiger partial charge is 0.383 e. The van der Waals surface area contributed by atoms with Gasteiger partial charge in [-0.15, -0.1) is 0 Å². The van der Waals surface area contributed by atoms with E-state index in [4.69, 9.17) is 5.73 Å². The second kappa shape index (κ2) is 7.10. The number of pyridine rings is 2. The average molecular weight is 381 g/mol. The number of hydrogen-bond acceptors (Lipinski definition) is 5. The van der Waals surface area contributed by atoms with Crippen LogP contribution in [0.5, 0.6) is 0 Å². The minimum Gasteiger partial charge on any atom is -0.383 e. The van der Waals surface area contributed by atoms with E-state index in [0.717, 1.165) is 17.7 Å². The normalized spacial score (nSPS) is 23.0. The lowest BCUT2D eigenvalue weighted by Crippen LogP contribution is -2.54. The predicted molar refractivity (Wildman–Crippen MR) is 103 cm³/mol. The maximum atomic E-state index is 13.1. The summed E-state index contributed by atoms with van der Waals surface area (Å²) in [4.78, 5) is 43.5. The third-order valence-electron chi connectivity index (χ3n) is 5.74. The van der Waals surface area contributed by atoms with E-state index >= 15 is 0 Å². The molecule has 0 radical (unpaired) electrons. The Balaban J connectivity index is 1.66. The fourth-order valence-electron chi connectivity index (χ4n) is 4.41. The molecule has 2 aromatic rings. The van der Waals surface area contributed by atoms with Gasteiger partial charge in [0.05, 0.1) is 0 Å². The van der Waals surface area contributed by atoms with Crippen LogP contribution in [0, 0.1) is 5.92 Å². The van der Waals surface area contributed by atoms with Crippen molar-refractivity contribution in [2.24, 2.45) is 5.92 Å². The van der Waals surface area contributed by atoms with Crippen molar-refractivity contribution in [2.45, 2.75) is 31.8 Å². The van der Waals surface area contributed by atoms with E-state index in [0.29, 0.717) is 18.9 Å². The van der Waals surface area contributed by atoms with Gasteiger partial charge in [0.25, 0.3) is 5.56 Å². The van der Waals surface area contributed by atoms with Crippen molar-refractivity contribution in [1.29, 1.82) is 0 Å². The Labute approximate surface area is 162 Å². The number of hydrogen-bond donors (Lipinski definition) is 2. The van der Waals surface area contributed by atoms with Crippen LogP contribution in [0.1, 0.15) is 36.6 Å². The molecule has 146 valence electrons. The Hall–Kier alpha value is -3.16. The molecular formula is C20H23N5O3. The van der Waals surface area contributed by atoms with Gasteiger partial charge in [0, 0.05) is 61.9 Å². The minimum absolute atomic E-state index is 0.0104. The second-order valence-electron chi connectivity index (χ2n) is 7.49. The van der Waals surface area contributed by atoms with Crippen LogP contribution in [-0.4, -0.2) is 39.4 Å². The van der Waals surface area contributed by atoms with Crippen molar-refractivity contribution < 1.29 is 9.59 Å². The van der Waals surface area contributed by atoms with Crippen LogP contribution in [0.3, 0.4) is 0 Å². The number of amides is 2. The molecule has 4 rings (SSSR count). The highest BCUT2D eigenvalue weighted by atomic mass is 16.2. The Morgan fingerprint density at radius 1 is 1.25 bits per heavy atom. The molecule has 28 heavy (non-hydrogen) atoms.